The molecule has 13 heteroatoms. The lowest BCUT2D eigenvalue weighted by atomic mass is 10.2. The molecule has 4 aromatic heterocycles. The summed E-state index contributed by atoms with van der Waals surface area (Å²) in [6.07, 6.45) is 2.84. The van der Waals surface area contributed by atoms with Crippen LogP contribution in [0.1, 0.15) is 35.0 Å². The molecule has 0 bridgehead atoms. The van der Waals surface area contributed by atoms with Crippen LogP contribution in [-0.4, -0.2) is 53.4 Å². The normalized spacial score (nSPS) is 13.9. The van der Waals surface area contributed by atoms with Crippen molar-refractivity contribution in [2.45, 2.75) is 19.9 Å². The molecule has 5 heterocycles. The molecule has 0 spiro atoms. The Hall–Kier alpha value is -4.42. The molecule has 0 fully saturated rings. The van der Waals surface area contributed by atoms with Gasteiger partial charge in [-0.2, -0.15) is 0 Å². The van der Waals surface area contributed by atoms with Crippen LogP contribution in [-0.2, 0) is 4.79 Å². The van der Waals surface area contributed by atoms with Crippen molar-refractivity contribution in [3.05, 3.63) is 35.9 Å². The molecular weight excluding hydrogens is 404 g/mol. The maximum absolute atomic E-state index is 12.8. The van der Waals surface area contributed by atoms with Gasteiger partial charge in [0.1, 0.15) is 29.0 Å². The summed E-state index contributed by atoms with van der Waals surface area (Å²) in [4.78, 5) is 48.2. The maximum atomic E-state index is 12.8. The average Bonchev–Trinajstić information content (AvgIpc) is 3.39. The lowest BCUT2D eigenvalue weighted by Crippen LogP contribution is -2.33. The predicted molar refractivity (Wildman–Crippen MR) is 107 cm³/mol. The summed E-state index contributed by atoms with van der Waals surface area (Å²) in [5.41, 5.74) is 2.16. The van der Waals surface area contributed by atoms with Crippen molar-refractivity contribution in [2.24, 2.45) is 0 Å². The summed E-state index contributed by atoms with van der Waals surface area (Å²) < 4.78 is 5.40. The van der Waals surface area contributed by atoms with E-state index in [4.69, 9.17) is 4.52 Å². The van der Waals surface area contributed by atoms with Crippen molar-refractivity contribution in [2.75, 3.05) is 17.2 Å². The van der Waals surface area contributed by atoms with Crippen molar-refractivity contribution in [3.63, 3.8) is 0 Å². The monoisotopic (exact) mass is 420 g/mol. The minimum Gasteiger partial charge on any atom is -0.371 e. The van der Waals surface area contributed by atoms with Gasteiger partial charge in [0.15, 0.2) is 28.7 Å². The Morgan fingerprint density at radius 3 is 3.00 bits per heavy atom. The first-order chi connectivity index (χ1) is 15.0. The fraction of sp³-hybridized carbons (Fsp3) is 0.222. The second kappa shape index (κ2) is 7.12. The number of anilines is 2. The Morgan fingerprint density at radius 2 is 2.13 bits per heavy atom. The zero-order chi connectivity index (χ0) is 21.5. The average molecular weight is 420 g/mol. The minimum absolute atomic E-state index is 0.0308. The fourth-order valence-electron chi connectivity index (χ4n) is 3.13. The molecular formula is C18H16N10O3. The summed E-state index contributed by atoms with van der Waals surface area (Å²) in [7, 11) is 0. The molecule has 156 valence electrons. The fourth-order valence-corrected chi connectivity index (χ4v) is 3.13. The van der Waals surface area contributed by atoms with E-state index >= 15 is 0 Å². The number of hydrogen-bond donors (Lipinski definition) is 4. The van der Waals surface area contributed by atoms with Crippen LogP contribution in [0.25, 0.3) is 22.7 Å². The van der Waals surface area contributed by atoms with Crippen molar-refractivity contribution in [1.82, 2.24) is 40.4 Å². The number of carbonyl (C=O) groups is 2. The number of H-pyrrole nitrogens is 1. The van der Waals surface area contributed by atoms with Gasteiger partial charge in [-0.3, -0.25) is 9.59 Å². The molecule has 0 aliphatic carbocycles. The molecule has 0 saturated heterocycles. The van der Waals surface area contributed by atoms with Crippen LogP contribution in [0.2, 0.25) is 0 Å². The standard InChI is InChI=1S/C18H16N10O3/c1-7(23-18(30)14-13-17(22-6-21-14)26-12(29)5-20-13)11-3-9(28-31-11)15-25-10-4-19-8(2)24-16(10)27-15/h3-4,6-7,20H,5H2,1-2H3,(H,23,30)(H,19,24,25,27)(H,21,22,26,29)/t7-/m1/s1. The number of carbonyl (C=O) groups excluding carboxylic acids is 2. The molecule has 1 aliphatic heterocycles. The van der Waals surface area contributed by atoms with Gasteiger partial charge in [-0.1, -0.05) is 5.16 Å². The first-order valence-corrected chi connectivity index (χ1v) is 9.34. The molecule has 1 aliphatic rings. The van der Waals surface area contributed by atoms with Crippen LogP contribution in [0.4, 0.5) is 11.5 Å². The van der Waals surface area contributed by atoms with Gasteiger partial charge in [-0.25, -0.2) is 24.9 Å². The van der Waals surface area contributed by atoms with E-state index in [1.807, 2.05) is 0 Å². The highest BCUT2D eigenvalue weighted by Crippen LogP contribution is 2.26. The highest BCUT2D eigenvalue weighted by molar-refractivity contribution is 6.06. The molecule has 2 amide bonds. The summed E-state index contributed by atoms with van der Waals surface area (Å²) in [6.45, 7) is 3.57. The molecule has 0 unspecified atom stereocenters. The number of aryl methyl sites for hydroxylation is 1. The van der Waals surface area contributed by atoms with Gasteiger partial charge in [-0.05, 0) is 13.8 Å². The van der Waals surface area contributed by atoms with Gasteiger partial charge in [0.05, 0.1) is 18.8 Å². The third-order valence-electron chi connectivity index (χ3n) is 4.65. The molecule has 0 aromatic carbocycles. The van der Waals surface area contributed by atoms with Crippen molar-refractivity contribution >= 4 is 34.5 Å². The number of aromatic nitrogens is 7. The zero-order valence-electron chi connectivity index (χ0n) is 16.4. The van der Waals surface area contributed by atoms with E-state index in [1.165, 1.54) is 6.33 Å². The number of rotatable bonds is 4. The van der Waals surface area contributed by atoms with E-state index in [9.17, 15) is 9.59 Å². The lowest BCUT2D eigenvalue weighted by molar-refractivity contribution is -0.114. The number of fused-ring (bicyclic) bond motifs is 2. The summed E-state index contributed by atoms with van der Waals surface area (Å²) >= 11 is 0. The van der Waals surface area contributed by atoms with Gasteiger partial charge >= 0.3 is 0 Å². The number of hydrogen-bond acceptors (Lipinski definition) is 10. The van der Waals surface area contributed by atoms with E-state index in [-0.39, 0.29) is 24.0 Å². The largest absolute Gasteiger partial charge is 0.371 e. The van der Waals surface area contributed by atoms with Gasteiger partial charge in [0.25, 0.3) is 5.91 Å². The molecule has 5 rings (SSSR count). The van der Waals surface area contributed by atoms with Gasteiger partial charge in [0.2, 0.25) is 5.91 Å². The Labute approximate surface area is 174 Å². The number of nitrogens with zero attached hydrogens (tertiary/aromatic N) is 6. The van der Waals surface area contributed by atoms with Crippen LogP contribution >= 0.6 is 0 Å². The Balaban J connectivity index is 1.35. The van der Waals surface area contributed by atoms with E-state index in [1.54, 1.807) is 26.1 Å². The van der Waals surface area contributed by atoms with E-state index in [0.29, 0.717) is 40.0 Å². The molecule has 0 saturated carbocycles. The van der Waals surface area contributed by atoms with Crippen LogP contribution in [0.3, 0.4) is 0 Å². The molecule has 0 radical (unpaired) electrons. The maximum Gasteiger partial charge on any atom is 0.272 e. The molecule has 31 heavy (non-hydrogen) atoms. The van der Waals surface area contributed by atoms with Crippen molar-refractivity contribution < 1.29 is 14.1 Å². The smallest absolute Gasteiger partial charge is 0.272 e. The van der Waals surface area contributed by atoms with Gasteiger partial charge < -0.3 is 25.5 Å². The molecule has 13 nitrogen and oxygen atoms in total. The Bertz CT molecular complexity index is 1330. The van der Waals surface area contributed by atoms with Crippen LogP contribution in [0.15, 0.2) is 23.1 Å². The highest BCUT2D eigenvalue weighted by Gasteiger charge is 2.25. The quantitative estimate of drug-likeness (QED) is 0.372. The summed E-state index contributed by atoms with van der Waals surface area (Å²) in [5.74, 6) is 1.09. The first-order valence-electron chi connectivity index (χ1n) is 9.34. The Kier molecular flexibility index (Phi) is 4.27. The predicted octanol–water partition coefficient (Wildman–Crippen LogP) is 0.961. The highest BCUT2D eigenvalue weighted by atomic mass is 16.5. The second-order valence-electron chi connectivity index (χ2n) is 6.89. The van der Waals surface area contributed by atoms with Crippen molar-refractivity contribution in [1.29, 1.82) is 0 Å². The zero-order valence-corrected chi connectivity index (χ0v) is 16.4. The second-order valence-corrected chi connectivity index (χ2v) is 6.89. The number of imidazole rings is 1. The Morgan fingerprint density at radius 1 is 1.26 bits per heavy atom. The topological polar surface area (TPSA) is 176 Å². The number of nitrogens with one attached hydrogen (secondary N) is 4. The van der Waals surface area contributed by atoms with Crippen LogP contribution in [0, 0.1) is 6.92 Å². The van der Waals surface area contributed by atoms with E-state index in [2.05, 4.69) is 51.0 Å². The third-order valence-corrected chi connectivity index (χ3v) is 4.65. The first kappa shape index (κ1) is 18.6. The summed E-state index contributed by atoms with van der Waals surface area (Å²) in [5, 5.41) is 12.3. The van der Waals surface area contributed by atoms with Crippen molar-refractivity contribution in [3.8, 4) is 11.5 Å². The van der Waals surface area contributed by atoms with Gasteiger partial charge in [-0.15, -0.1) is 0 Å². The summed E-state index contributed by atoms with van der Waals surface area (Å²) in [6, 6.07) is 1.17. The third kappa shape index (κ3) is 3.41. The number of amides is 2. The van der Waals surface area contributed by atoms with E-state index < -0.39 is 11.9 Å². The SMILES string of the molecule is Cc1ncc2nc(-c3cc([C@@H](C)NC(=O)c4ncnc5c4NCC(=O)N5)on3)[nH]c2n1. The van der Waals surface area contributed by atoms with Crippen LogP contribution in [0.5, 0.6) is 0 Å². The molecule has 1 atom stereocenters. The molecule has 4 N–H and O–H groups in total. The molecule has 4 aromatic rings. The number of aromatic amines is 1. The van der Waals surface area contributed by atoms with E-state index in [0.717, 1.165) is 0 Å². The van der Waals surface area contributed by atoms with Gasteiger partial charge in [0, 0.05) is 6.07 Å². The minimum atomic E-state index is -0.510. The lowest BCUT2D eigenvalue weighted by Gasteiger charge is -2.19. The van der Waals surface area contributed by atoms with Crippen LogP contribution < -0.4 is 16.0 Å².